The van der Waals surface area contributed by atoms with Crippen LogP contribution >= 0.6 is 15.9 Å². The predicted molar refractivity (Wildman–Crippen MR) is 107 cm³/mol. The van der Waals surface area contributed by atoms with Crippen molar-refractivity contribution in [1.29, 1.82) is 0 Å². The average molecular weight is 530 g/mol. The Balaban J connectivity index is 1.87. The molecule has 0 N–H and O–H groups in total. The van der Waals surface area contributed by atoms with Crippen LogP contribution in [0, 0.1) is 0 Å². The number of ether oxygens (including phenoxy) is 1. The Kier molecular flexibility index (Phi) is 9.18. The normalized spacial score (nSPS) is 17.9. The molecule has 1 unspecified atom stereocenters. The van der Waals surface area contributed by atoms with Gasteiger partial charge in [-0.3, -0.25) is 4.79 Å². The number of alkyl halides is 6. The molecule has 2 rings (SSSR count). The number of carbonyl (C=O) groups excluding carboxylic acids is 2. The van der Waals surface area contributed by atoms with Crippen LogP contribution in [-0.2, 0) is 20.9 Å². The number of halogens is 7. The largest absolute Gasteiger partial charge is 0.440 e. The molecule has 1 aliphatic rings. The van der Waals surface area contributed by atoms with Crippen LogP contribution in [0.25, 0.3) is 0 Å². The van der Waals surface area contributed by atoms with Crippen molar-refractivity contribution >= 4 is 27.8 Å². The van der Waals surface area contributed by atoms with E-state index in [1.165, 1.54) is 6.08 Å². The van der Waals surface area contributed by atoms with Crippen molar-refractivity contribution in [3.63, 3.8) is 0 Å². The third kappa shape index (κ3) is 7.83. The molecule has 4 nitrogen and oxygen atoms in total. The number of rotatable bonds is 8. The lowest BCUT2D eigenvalue weighted by Crippen LogP contribution is -2.45. The maximum atomic E-state index is 12.4. The lowest BCUT2D eigenvalue weighted by atomic mass is 9.96. The van der Waals surface area contributed by atoms with Crippen LogP contribution in [0.4, 0.5) is 26.3 Å². The summed E-state index contributed by atoms with van der Waals surface area (Å²) in [6, 6.07) is 7.49. The fourth-order valence-electron chi connectivity index (χ4n) is 3.45. The van der Waals surface area contributed by atoms with E-state index in [0.29, 0.717) is 31.9 Å². The third-order valence-corrected chi connectivity index (χ3v) is 5.75. The van der Waals surface area contributed by atoms with Gasteiger partial charge < -0.3 is 9.64 Å². The molecule has 1 aromatic rings. The number of piperidine rings is 1. The lowest BCUT2D eigenvalue weighted by molar-refractivity contribution is -0.312. The minimum atomic E-state index is -5.74. The van der Waals surface area contributed by atoms with E-state index < -0.39 is 24.4 Å². The number of benzene rings is 1. The fourth-order valence-corrected chi connectivity index (χ4v) is 3.86. The zero-order chi connectivity index (χ0) is 23.9. The summed E-state index contributed by atoms with van der Waals surface area (Å²) in [5, 5.41) is 0. The van der Waals surface area contributed by atoms with Gasteiger partial charge in [-0.1, -0.05) is 40.2 Å². The monoisotopic (exact) mass is 529 g/mol. The van der Waals surface area contributed by atoms with Crippen LogP contribution in [-0.4, -0.2) is 41.3 Å². The highest BCUT2D eigenvalue weighted by Crippen LogP contribution is 2.35. The molecule has 1 atom stereocenters. The summed E-state index contributed by atoms with van der Waals surface area (Å²) in [7, 11) is 0. The van der Waals surface area contributed by atoms with E-state index >= 15 is 0 Å². The van der Waals surface area contributed by atoms with Crippen molar-refractivity contribution in [3.05, 3.63) is 46.5 Å². The van der Waals surface area contributed by atoms with E-state index in [-0.39, 0.29) is 18.4 Å². The Hall–Kier alpha value is -2.04. The first-order valence-electron chi connectivity index (χ1n) is 9.93. The molecule has 0 spiro atoms. The minimum absolute atomic E-state index is 0.0291. The molecular weight excluding hydrogens is 508 g/mol. The van der Waals surface area contributed by atoms with Gasteiger partial charge in [0.05, 0.1) is 0 Å². The predicted octanol–water partition coefficient (Wildman–Crippen LogP) is 6.09. The number of allylic oxidation sites excluding steroid dienone is 1. The first kappa shape index (κ1) is 26.2. The Morgan fingerprint density at radius 3 is 2.47 bits per heavy atom. The van der Waals surface area contributed by atoms with E-state index in [9.17, 15) is 35.9 Å². The molecule has 1 saturated heterocycles. The number of nitrogens with zero attached hydrogens (tertiary/aromatic N) is 1. The van der Waals surface area contributed by atoms with Gasteiger partial charge in [-0.2, -0.15) is 26.3 Å². The van der Waals surface area contributed by atoms with Gasteiger partial charge in [0.15, 0.2) is 0 Å². The SMILES string of the molecule is O=C(/C=C/CCCC1CCCC(=O)N1Cc1ccccc1Br)OC(C(F)(F)F)C(F)(F)F. The smallest absolute Gasteiger partial charge is 0.434 e. The highest BCUT2D eigenvalue weighted by molar-refractivity contribution is 9.10. The van der Waals surface area contributed by atoms with Crippen molar-refractivity contribution in [1.82, 2.24) is 4.90 Å². The van der Waals surface area contributed by atoms with Gasteiger partial charge in [0, 0.05) is 29.6 Å². The molecule has 0 aromatic heterocycles. The number of amides is 1. The number of unbranched alkanes of at least 4 members (excludes halogenated alkanes) is 1. The molecule has 0 radical (unpaired) electrons. The number of hydrogen-bond acceptors (Lipinski definition) is 3. The lowest BCUT2D eigenvalue weighted by Gasteiger charge is -2.36. The second-order valence-electron chi connectivity index (χ2n) is 7.39. The Bertz CT molecular complexity index is 810. The molecule has 1 aliphatic heterocycles. The second-order valence-corrected chi connectivity index (χ2v) is 8.25. The summed E-state index contributed by atoms with van der Waals surface area (Å²) in [6.07, 6.45) is -10.6. The highest BCUT2D eigenvalue weighted by Gasteiger charge is 2.59. The molecule has 11 heteroatoms. The van der Waals surface area contributed by atoms with Gasteiger partial charge >= 0.3 is 18.3 Å². The van der Waals surface area contributed by atoms with E-state index in [1.807, 2.05) is 24.3 Å². The van der Waals surface area contributed by atoms with E-state index in [4.69, 9.17) is 0 Å². The highest BCUT2D eigenvalue weighted by atomic mass is 79.9. The molecule has 32 heavy (non-hydrogen) atoms. The molecule has 1 fully saturated rings. The number of carbonyl (C=O) groups is 2. The molecule has 1 heterocycles. The van der Waals surface area contributed by atoms with E-state index in [2.05, 4.69) is 20.7 Å². The van der Waals surface area contributed by atoms with Crippen molar-refractivity contribution in [2.24, 2.45) is 0 Å². The van der Waals surface area contributed by atoms with Crippen LogP contribution in [0.2, 0.25) is 0 Å². The van der Waals surface area contributed by atoms with Crippen LogP contribution < -0.4 is 0 Å². The summed E-state index contributed by atoms with van der Waals surface area (Å²) in [6.45, 7) is 0.434. The topological polar surface area (TPSA) is 46.6 Å². The van der Waals surface area contributed by atoms with Crippen molar-refractivity contribution in [3.8, 4) is 0 Å². The average Bonchev–Trinajstić information content (AvgIpc) is 2.68. The molecular formula is C21H22BrF6NO3. The summed E-state index contributed by atoms with van der Waals surface area (Å²) >= 11 is 3.46. The molecule has 1 aromatic carbocycles. The van der Waals surface area contributed by atoms with Gasteiger partial charge in [0.25, 0.3) is 6.10 Å². The maximum absolute atomic E-state index is 12.4. The van der Waals surface area contributed by atoms with Gasteiger partial charge in [-0.15, -0.1) is 0 Å². The van der Waals surface area contributed by atoms with Crippen LogP contribution in [0.1, 0.15) is 44.1 Å². The summed E-state index contributed by atoms with van der Waals surface area (Å²) in [5.74, 6) is -1.69. The Morgan fingerprint density at radius 1 is 1.19 bits per heavy atom. The number of hydrogen-bond donors (Lipinski definition) is 0. The summed E-state index contributed by atoms with van der Waals surface area (Å²) in [5.41, 5.74) is 0.958. The Labute approximate surface area is 189 Å². The first-order valence-corrected chi connectivity index (χ1v) is 10.7. The quantitative estimate of drug-likeness (QED) is 0.177. The van der Waals surface area contributed by atoms with Crippen molar-refractivity contribution in [2.75, 3.05) is 0 Å². The van der Waals surface area contributed by atoms with Crippen LogP contribution in [0.3, 0.4) is 0 Å². The summed E-state index contributed by atoms with van der Waals surface area (Å²) in [4.78, 5) is 25.6. The van der Waals surface area contributed by atoms with Gasteiger partial charge in [0.2, 0.25) is 5.91 Å². The third-order valence-electron chi connectivity index (χ3n) is 4.98. The Morgan fingerprint density at radius 2 is 1.84 bits per heavy atom. The molecule has 1 amide bonds. The molecule has 0 aliphatic carbocycles. The van der Waals surface area contributed by atoms with Crippen LogP contribution in [0.5, 0.6) is 0 Å². The minimum Gasteiger partial charge on any atom is -0.440 e. The zero-order valence-corrected chi connectivity index (χ0v) is 18.5. The number of likely N-dealkylation sites (tertiary alicyclic amines) is 1. The van der Waals surface area contributed by atoms with Gasteiger partial charge in [-0.05, 0) is 43.7 Å². The molecule has 178 valence electrons. The maximum Gasteiger partial charge on any atom is 0.434 e. The molecule has 0 bridgehead atoms. The van der Waals surface area contributed by atoms with Crippen molar-refractivity contribution < 1.29 is 40.7 Å². The summed E-state index contributed by atoms with van der Waals surface area (Å²) < 4.78 is 78.9. The van der Waals surface area contributed by atoms with Crippen LogP contribution in [0.15, 0.2) is 40.9 Å². The first-order chi connectivity index (χ1) is 14.9. The van der Waals surface area contributed by atoms with Gasteiger partial charge in [0.1, 0.15) is 0 Å². The van der Waals surface area contributed by atoms with E-state index in [1.54, 1.807) is 4.90 Å². The fraction of sp³-hybridized carbons (Fsp3) is 0.524. The standard InChI is InChI=1S/C21H22BrF6NO3/c22-16-10-5-4-7-14(16)13-29-15(9-6-11-17(29)30)8-2-1-3-12-18(31)32-19(20(23,24)25)21(26,27)28/h3-5,7,10,12,15,19H,1-2,6,8-9,11,13H2/b12-3+. The van der Waals surface area contributed by atoms with Crippen molar-refractivity contribution in [2.45, 2.75) is 69.6 Å². The zero-order valence-electron chi connectivity index (χ0n) is 16.9. The second kappa shape index (κ2) is 11.2. The van der Waals surface area contributed by atoms with E-state index in [0.717, 1.165) is 22.9 Å². The van der Waals surface area contributed by atoms with Gasteiger partial charge in [-0.25, -0.2) is 4.79 Å². The molecule has 0 saturated carbocycles. The number of esters is 1.